The van der Waals surface area contributed by atoms with Crippen molar-refractivity contribution in [3.63, 3.8) is 0 Å². The zero-order chi connectivity index (χ0) is 21.5. The molecule has 3 aromatic carbocycles. The Bertz CT molecular complexity index is 1140. The predicted octanol–water partition coefficient (Wildman–Crippen LogP) is 4.96. The van der Waals surface area contributed by atoms with E-state index in [2.05, 4.69) is 44.3 Å². The summed E-state index contributed by atoms with van der Waals surface area (Å²) in [5.74, 6) is 1.10. The van der Waals surface area contributed by atoms with Gasteiger partial charge >= 0.3 is 0 Å². The predicted molar refractivity (Wildman–Crippen MR) is 125 cm³/mol. The van der Waals surface area contributed by atoms with Crippen molar-refractivity contribution >= 4 is 23.4 Å². The first-order valence-electron chi connectivity index (χ1n) is 10.2. The molecule has 1 heterocycles. The SMILES string of the molecule is Cc1ccccc1NC(=O)CSc1nnc(Cc2ccccc2)n1Cc1ccccc1. The van der Waals surface area contributed by atoms with E-state index in [4.69, 9.17) is 0 Å². The third-order valence-electron chi connectivity index (χ3n) is 4.93. The lowest BCUT2D eigenvalue weighted by Crippen LogP contribution is -2.15. The van der Waals surface area contributed by atoms with Crippen LogP contribution in [-0.2, 0) is 17.8 Å². The fourth-order valence-electron chi connectivity index (χ4n) is 3.29. The van der Waals surface area contributed by atoms with Crippen LogP contribution in [0.1, 0.15) is 22.5 Å². The van der Waals surface area contributed by atoms with Crippen molar-refractivity contribution in [1.29, 1.82) is 0 Å². The monoisotopic (exact) mass is 428 g/mol. The van der Waals surface area contributed by atoms with Gasteiger partial charge < -0.3 is 9.88 Å². The van der Waals surface area contributed by atoms with E-state index in [1.54, 1.807) is 0 Å². The van der Waals surface area contributed by atoms with Crippen LogP contribution in [0.3, 0.4) is 0 Å². The van der Waals surface area contributed by atoms with Gasteiger partial charge in [-0.15, -0.1) is 10.2 Å². The number of para-hydroxylation sites is 1. The molecule has 0 fully saturated rings. The molecule has 0 aliphatic heterocycles. The second-order valence-corrected chi connectivity index (χ2v) is 8.23. The number of hydrogen-bond donors (Lipinski definition) is 1. The van der Waals surface area contributed by atoms with Crippen molar-refractivity contribution in [3.05, 3.63) is 107 Å². The molecule has 0 bridgehead atoms. The van der Waals surface area contributed by atoms with Crippen molar-refractivity contribution in [3.8, 4) is 0 Å². The van der Waals surface area contributed by atoms with E-state index in [1.165, 1.54) is 22.9 Å². The highest BCUT2D eigenvalue weighted by molar-refractivity contribution is 7.99. The summed E-state index contributed by atoms with van der Waals surface area (Å²) in [6.45, 7) is 2.65. The average Bonchev–Trinajstić information content (AvgIpc) is 3.16. The smallest absolute Gasteiger partial charge is 0.234 e. The van der Waals surface area contributed by atoms with E-state index in [0.29, 0.717) is 13.0 Å². The lowest BCUT2D eigenvalue weighted by atomic mass is 10.1. The molecule has 0 atom stereocenters. The van der Waals surface area contributed by atoms with E-state index in [1.807, 2.05) is 67.6 Å². The normalized spacial score (nSPS) is 10.7. The number of anilines is 1. The summed E-state index contributed by atoms with van der Waals surface area (Å²) in [5, 5.41) is 12.6. The van der Waals surface area contributed by atoms with Crippen LogP contribution in [0.2, 0.25) is 0 Å². The van der Waals surface area contributed by atoms with Crippen molar-refractivity contribution in [2.24, 2.45) is 0 Å². The van der Waals surface area contributed by atoms with Gasteiger partial charge in [-0.2, -0.15) is 0 Å². The van der Waals surface area contributed by atoms with E-state index < -0.39 is 0 Å². The van der Waals surface area contributed by atoms with Crippen LogP contribution in [0.25, 0.3) is 0 Å². The highest BCUT2D eigenvalue weighted by Gasteiger charge is 2.15. The minimum Gasteiger partial charge on any atom is -0.325 e. The standard InChI is InChI=1S/C25H24N4OS/c1-19-10-8-9-15-22(19)26-24(30)18-31-25-28-27-23(16-20-11-4-2-5-12-20)29(25)17-21-13-6-3-7-14-21/h2-15H,16-18H2,1H3,(H,26,30). The van der Waals surface area contributed by atoms with Crippen molar-refractivity contribution in [2.75, 3.05) is 11.1 Å². The molecule has 0 unspecified atom stereocenters. The minimum atomic E-state index is -0.0572. The third kappa shape index (κ3) is 5.61. The molecule has 5 nitrogen and oxygen atoms in total. The number of aromatic nitrogens is 3. The molecule has 6 heteroatoms. The number of amides is 1. The molecule has 0 saturated carbocycles. The Morgan fingerprint density at radius 1 is 0.871 bits per heavy atom. The molecule has 156 valence electrons. The summed E-state index contributed by atoms with van der Waals surface area (Å²) < 4.78 is 2.11. The van der Waals surface area contributed by atoms with Gasteiger partial charge in [0.15, 0.2) is 5.16 Å². The lowest BCUT2D eigenvalue weighted by Gasteiger charge is -2.11. The van der Waals surface area contributed by atoms with E-state index in [0.717, 1.165) is 22.2 Å². The molecule has 0 radical (unpaired) electrons. The Morgan fingerprint density at radius 2 is 1.52 bits per heavy atom. The maximum atomic E-state index is 12.5. The topological polar surface area (TPSA) is 59.8 Å². The third-order valence-corrected chi connectivity index (χ3v) is 5.90. The Morgan fingerprint density at radius 3 is 2.23 bits per heavy atom. The van der Waals surface area contributed by atoms with Gasteiger partial charge in [0, 0.05) is 12.1 Å². The van der Waals surface area contributed by atoms with E-state index in [9.17, 15) is 4.79 Å². The van der Waals surface area contributed by atoms with Crippen LogP contribution >= 0.6 is 11.8 Å². The summed E-state index contributed by atoms with van der Waals surface area (Å²) in [6, 6.07) is 28.2. The van der Waals surface area contributed by atoms with Gasteiger partial charge in [-0.05, 0) is 29.7 Å². The molecule has 0 aliphatic carbocycles. The first kappa shape index (κ1) is 20.9. The molecule has 31 heavy (non-hydrogen) atoms. The van der Waals surface area contributed by atoms with Crippen LogP contribution < -0.4 is 5.32 Å². The highest BCUT2D eigenvalue weighted by Crippen LogP contribution is 2.21. The summed E-state index contributed by atoms with van der Waals surface area (Å²) in [6.07, 6.45) is 0.691. The Hall–Kier alpha value is -3.38. The van der Waals surface area contributed by atoms with Crippen molar-refractivity contribution in [1.82, 2.24) is 14.8 Å². The molecule has 1 aromatic heterocycles. The van der Waals surface area contributed by atoms with Gasteiger partial charge in [0.05, 0.1) is 12.3 Å². The average molecular weight is 429 g/mol. The molecule has 4 rings (SSSR count). The number of nitrogens with one attached hydrogen (secondary N) is 1. The van der Waals surface area contributed by atoms with Gasteiger partial charge in [-0.25, -0.2) is 0 Å². The van der Waals surface area contributed by atoms with E-state index in [-0.39, 0.29) is 11.7 Å². The van der Waals surface area contributed by atoms with Gasteiger partial charge in [0.2, 0.25) is 5.91 Å². The number of aryl methyl sites for hydroxylation is 1. The number of thioether (sulfide) groups is 1. The number of hydrogen-bond acceptors (Lipinski definition) is 4. The molecular formula is C25H24N4OS. The minimum absolute atomic E-state index is 0.0572. The Balaban J connectivity index is 1.50. The second-order valence-electron chi connectivity index (χ2n) is 7.28. The second kappa shape index (κ2) is 10.1. The number of benzene rings is 3. The van der Waals surface area contributed by atoms with Crippen LogP contribution in [-0.4, -0.2) is 26.4 Å². The van der Waals surface area contributed by atoms with Gasteiger partial charge in [0.25, 0.3) is 0 Å². The maximum Gasteiger partial charge on any atom is 0.234 e. The largest absolute Gasteiger partial charge is 0.325 e. The number of nitrogens with zero attached hydrogens (tertiary/aromatic N) is 3. The Kier molecular flexibility index (Phi) is 6.79. The first-order valence-corrected chi connectivity index (χ1v) is 11.2. The van der Waals surface area contributed by atoms with E-state index >= 15 is 0 Å². The summed E-state index contributed by atoms with van der Waals surface area (Å²) in [4.78, 5) is 12.5. The molecule has 0 saturated heterocycles. The molecule has 0 spiro atoms. The molecular weight excluding hydrogens is 404 g/mol. The molecule has 0 aliphatic rings. The van der Waals surface area contributed by atoms with Crippen LogP contribution in [0.15, 0.2) is 90.1 Å². The van der Waals surface area contributed by atoms with Gasteiger partial charge in [-0.3, -0.25) is 4.79 Å². The maximum absolute atomic E-state index is 12.5. The number of carbonyl (C=O) groups is 1. The number of carbonyl (C=O) groups excluding carboxylic acids is 1. The summed E-state index contributed by atoms with van der Waals surface area (Å²) in [7, 11) is 0. The summed E-state index contributed by atoms with van der Waals surface area (Å²) >= 11 is 1.41. The zero-order valence-corrected chi connectivity index (χ0v) is 18.2. The fraction of sp³-hybridized carbons (Fsp3) is 0.160. The molecule has 4 aromatic rings. The zero-order valence-electron chi connectivity index (χ0n) is 17.4. The number of rotatable bonds is 8. The van der Waals surface area contributed by atoms with Crippen LogP contribution in [0, 0.1) is 6.92 Å². The van der Waals surface area contributed by atoms with Crippen molar-refractivity contribution in [2.45, 2.75) is 25.0 Å². The quantitative estimate of drug-likeness (QED) is 0.403. The molecule has 1 N–H and O–H groups in total. The summed E-state index contributed by atoms with van der Waals surface area (Å²) in [5.41, 5.74) is 4.22. The lowest BCUT2D eigenvalue weighted by molar-refractivity contribution is -0.113. The fourth-order valence-corrected chi connectivity index (χ4v) is 4.05. The molecule has 1 amide bonds. The van der Waals surface area contributed by atoms with Crippen LogP contribution in [0.4, 0.5) is 5.69 Å². The highest BCUT2D eigenvalue weighted by atomic mass is 32.2. The van der Waals surface area contributed by atoms with Crippen molar-refractivity contribution < 1.29 is 4.79 Å². The Labute approximate surface area is 186 Å². The van der Waals surface area contributed by atoms with Gasteiger partial charge in [0.1, 0.15) is 5.82 Å². The first-order chi connectivity index (χ1) is 15.2. The van der Waals surface area contributed by atoms with Crippen LogP contribution in [0.5, 0.6) is 0 Å². The van der Waals surface area contributed by atoms with Gasteiger partial charge in [-0.1, -0.05) is 90.6 Å².